The Morgan fingerprint density at radius 1 is 1.29 bits per heavy atom. The molecule has 3 rings (SSSR count). The Bertz CT molecular complexity index is 768. The summed E-state index contributed by atoms with van der Waals surface area (Å²) in [6.07, 6.45) is 6.83. The molecular weight excluding hydrogens is 321 g/mol. The van der Waals surface area contributed by atoms with E-state index in [2.05, 4.69) is 33.3 Å². The van der Waals surface area contributed by atoms with E-state index in [0.29, 0.717) is 0 Å². The van der Waals surface area contributed by atoms with Gasteiger partial charge in [0, 0.05) is 6.42 Å². The van der Waals surface area contributed by atoms with Crippen LogP contribution in [0.5, 0.6) is 0 Å². The van der Waals surface area contributed by atoms with Crippen LogP contribution in [0.2, 0.25) is 0 Å². The number of hydrogen-bond donors (Lipinski definition) is 0. The van der Waals surface area contributed by atoms with Crippen LogP contribution in [0, 0.1) is 6.92 Å². The molecule has 0 radical (unpaired) electrons. The third kappa shape index (κ3) is 3.90. The smallest absolute Gasteiger partial charge is 0.138 e. The maximum absolute atomic E-state index is 12.7. The molecule has 128 valence electrons. The fourth-order valence-corrected chi connectivity index (χ4v) is 3.98. The predicted molar refractivity (Wildman–Crippen MR) is 99.6 cm³/mol. The lowest BCUT2D eigenvalue weighted by molar-refractivity contribution is 0.671. The third-order valence-corrected chi connectivity index (χ3v) is 4.85. The number of hydrogen-bond acceptors (Lipinski definition) is 3. The molecule has 0 fully saturated rings. The predicted octanol–water partition coefficient (Wildman–Crippen LogP) is 5.29. The molecule has 24 heavy (non-hydrogen) atoms. The van der Waals surface area contributed by atoms with Gasteiger partial charge in [0.2, 0.25) is 0 Å². The zero-order valence-electron chi connectivity index (χ0n) is 14.6. The molecule has 0 unspecified atom stereocenters. The molecule has 0 saturated carbocycles. The van der Waals surface area contributed by atoms with Crippen LogP contribution in [0.15, 0.2) is 42.1 Å². The Hall–Kier alpha value is -2.01. The number of aromatic nitrogens is 3. The van der Waals surface area contributed by atoms with E-state index < -0.39 is 5.83 Å². The lowest BCUT2D eigenvalue weighted by Gasteiger charge is -2.07. The molecule has 0 saturated heterocycles. The van der Waals surface area contributed by atoms with Crippen molar-refractivity contribution in [1.29, 1.82) is 0 Å². The van der Waals surface area contributed by atoms with E-state index in [1.165, 1.54) is 22.2 Å². The molecule has 1 aliphatic heterocycles. The second kappa shape index (κ2) is 8.20. The van der Waals surface area contributed by atoms with Gasteiger partial charge in [0.05, 0.1) is 0 Å². The molecule has 3 nitrogen and oxygen atoms in total. The van der Waals surface area contributed by atoms with Crippen LogP contribution in [0.4, 0.5) is 4.39 Å². The van der Waals surface area contributed by atoms with Gasteiger partial charge in [-0.25, -0.2) is 4.39 Å². The van der Waals surface area contributed by atoms with Gasteiger partial charge in [-0.1, -0.05) is 38.7 Å². The first-order valence-corrected chi connectivity index (χ1v) is 9.15. The highest BCUT2D eigenvalue weighted by Crippen LogP contribution is 2.33. The van der Waals surface area contributed by atoms with E-state index in [0.717, 1.165) is 42.9 Å². The maximum Gasteiger partial charge on any atom is 0.138 e. The third-order valence-electron chi connectivity index (χ3n) is 3.80. The van der Waals surface area contributed by atoms with Crippen LogP contribution in [-0.4, -0.2) is 14.8 Å². The monoisotopic (exact) mass is 345 g/mol. The minimum absolute atomic E-state index is 0.449. The molecule has 5 heteroatoms. The van der Waals surface area contributed by atoms with E-state index in [1.54, 1.807) is 17.4 Å². The van der Waals surface area contributed by atoms with Gasteiger partial charge in [-0.2, -0.15) is 0 Å². The highest BCUT2D eigenvalue weighted by Gasteiger charge is 2.21. The number of fused-ring (bicyclic) bond motifs is 3. The average Bonchev–Trinajstić information content (AvgIpc) is 3.05. The van der Waals surface area contributed by atoms with Crippen molar-refractivity contribution in [2.24, 2.45) is 0 Å². The van der Waals surface area contributed by atoms with Crippen molar-refractivity contribution in [2.45, 2.75) is 46.5 Å². The van der Waals surface area contributed by atoms with E-state index in [9.17, 15) is 4.39 Å². The Morgan fingerprint density at radius 2 is 2.04 bits per heavy atom. The summed E-state index contributed by atoms with van der Waals surface area (Å²) >= 11 is 1.72. The second-order valence-electron chi connectivity index (χ2n) is 5.51. The summed E-state index contributed by atoms with van der Waals surface area (Å²) in [6, 6.07) is 0. The molecule has 0 aromatic carbocycles. The molecular formula is C19H24FN3S. The number of rotatable bonds is 4. The van der Waals surface area contributed by atoms with Gasteiger partial charge < -0.3 is 0 Å². The van der Waals surface area contributed by atoms with Crippen LogP contribution >= 0.6 is 11.3 Å². The van der Waals surface area contributed by atoms with Gasteiger partial charge >= 0.3 is 0 Å². The quantitative estimate of drug-likeness (QED) is 0.705. The maximum atomic E-state index is 12.7. The first-order chi connectivity index (χ1) is 11.6. The number of halogens is 1. The fourth-order valence-electron chi connectivity index (χ4n) is 2.78. The van der Waals surface area contributed by atoms with Crippen LogP contribution < -0.4 is 0 Å². The molecule has 0 amide bonds. The van der Waals surface area contributed by atoms with E-state index in [1.807, 2.05) is 20.8 Å². The number of aryl methyl sites for hydroxylation is 2. The summed E-state index contributed by atoms with van der Waals surface area (Å²) in [4.78, 5) is 0. The largest absolute Gasteiger partial charge is 0.274 e. The van der Waals surface area contributed by atoms with Crippen molar-refractivity contribution < 1.29 is 4.39 Å². The highest BCUT2D eigenvalue weighted by molar-refractivity contribution is 7.12. The molecule has 3 heterocycles. The van der Waals surface area contributed by atoms with Crippen LogP contribution in [-0.2, 0) is 19.3 Å². The zero-order chi connectivity index (χ0) is 17.7. The van der Waals surface area contributed by atoms with Gasteiger partial charge in [-0.05, 0) is 48.8 Å². The SMILES string of the molecule is C=C(F)/C=C\C(=C)Cc1csc2c1CCCc1nnc(C)n1-2.CC. The fraction of sp³-hybridized carbons (Fsp3) is 0.368. The summed E-state index contributed by atoms with van der Waals surface area (Å²) < 4.78 is 14.9. The van der Waals surface area contributed by atoms with E-state index in [4.69, 9.17) is 0 Å². The van der Waals surface area contributed by atoms with Gasteiger partial charge in [0.25, 0.3) is 0 Å². The van der Waals surface area contributed by atoms with Crippen molar-refractivity contribution in [2.75, 3.05) is 0 Å². The lowest BCUT2D eigenvalue weighted by Crippen LogP contribution is -2.00. The molecule has 2 aromatic heterocycles. The van der Waals surface area contributed by atoms with Gasteiger partial charge in [-0.3, -0.25) is 4.57 Å². The van der Waals surface area contributed by atoms with Crippen LogP contribution in [0.3, 0.4) is 0 Å². The summed E-state index contributed by atoms with van der Waals surface area (Å²) in [7, 11) is 0. The minimum atomic E-state index is -0.449. The van der Waals surface area contributed by atoms with Gasteiger partial charge in [0.1, 0.15) is 22.5 Å². The summed E-state index contributed by atoms with van der Waals surface area (Å²) in [6.45, 7) is 13.2. The van der Waals surface area contributed by atoms with Crippen LogP contribution in [0.25, 0.3) is 5.00 Å². The molecule has 1 aliphatic rings. The standard InChI is InChI=1S/C17H18FN3S.C2H6/c1-11(7-8-12(2)18)9-14-10-22-17-15(14)5-4-6-16-20-19-13(3)21(16)17;1-2/h7-8,10H,1-2,4-6,9H2,3H3;1-2H3/b8-7-;. The molecule has 0 spiro atoms. The first kappa shape index (κ1) is 18.3. The van der Waals surface area contributed by atoms with Crippen LogP contribution in [0.1, 0.15) is 43.0 Å². The molecule has 0 bridgehead atoms. The highest BCUT2D eigenvalue weighted by atomic mass is 32.1. The first-order valence-electron chi connectivity index (χ1n) is 8.27. The molecule has 2 aromatic rings. The van der Waals surface area contributed by atoms with Crippen molar-refractivity contribution in [1.82, 2.24) is 14.8 Å². The number of allylic oxidation sites excluding steroid dienone is 4. The van der Waals surface area contributed by atoms with E-state index in [-0.39, 0.29) is 0 Å². The Balaban J connectivity index is 0.00000100. The normalized spacial score (nSPS) is 12.8. The Kier molecular flexibility index (Phi) is 6.26. The molecule has 0 aliphatic carbocycles. The van der Waals surface area contributed by atoms with Gasteiger partial charge in [0.15, 0.2) is 0 Å². The van der Waals surface area contributed by atoms with Crippen molar-refractivity contribution >= 4 is 11.3 Å². The Labute approximate surface area is 147 Å². The molecule has 0 atom stereocenters. The zero-order valence-corrected chi connectivity index (χ0v) is 15.4. The van der Waals surface area contributed by atoms with Crippen molar-refractivity contribution in [3.05, 3.63) is 64.9 Å². The number of nitrogens with zero attached hydrogens (tertiary/aromatic N) is 3. The lowest BCUT2D eigenvalue weighted by atomic mass is 10.0. The van der Waals surface area contributed by atoms with Crippen molar-refractivity contribution in [3.63, 3.8) is 0 Å². The topological polar surface area (TPSA) is 30.7 Å². The summed E-state index contributed by atoms with van der Waals surface area (Å²) in [5, 5.41) is 11.9. The summed E-state index contributed by atoms with van der Waals surface area (Å²) in [5.41, 5.74) is 3.49. The Morgan fingerprint density at radius 3 is 2.75 bits per heavy atom. The second-order valence-corrected chi connectivity index (χ2v) is 6.37. The molecule has 0 N–H and O–H groups in total. The summed E-state index contributed by atoms with van der Waals surface area (Å²) in [5.74, 6) is 1.52. The minimum Gasteiger partial charge on any atom is -0.274 e. The van der Waals surface area contributed by atoms with E-state index >= 15 is 0 Å². The van der Waals surface area contributed by atoms with Crippen molar-refractivity contribution in [3.8, 4) is 5.00 Å². The average molecular weight is 345 g/mol. The number of thiophene rings is 1. The van der Waals surface area contributed by atoms with Gasteiger partial charge in [-0.15, -0.1) is 21.5 Å².